The second kappa shape index (κ2) is 6.06. The van der Waals surface area contributed by atoms with Crippen molar-refractivity contribution in [2.45, 2.75) is 52.2 Å². The molecule has 2 heterocycles. The minimum Gasteiger partial charge on any atom is -0.363 e. The molecule has 1 atom stereocenters. The first kappa shape index (κ1) is 14.5. The minimum atomic E-state index is -0.0353. The molecule has 2 nitrogen and oxygen atoms in total. The molecule has 0 bridgehead atoms. The van der Waals surface area contributed by atoms with E-state index in [0.29, 0.717) is 0 Å². The molecule has 1 unspecified atom stereocenters. The van der Waals surface area contributed by atoms with Crippen LogP contribution in [0.15, 0.2) is 35.5 Å². The zero-order valence-electron chi connectivity index (χ0n) is 12.8. The number of hydrogen-bond acceptors (Lipinski definition) is 2. The summed E-state index contributed by atoms with van der Waals surface area (Å²) in [5.41, 5.74) is 2.74. The van der Waals surface area contributed by atoms with Gasteiger partial charge in [-0.1, -0.05) is 31.2 Å². The van der Waals surface area contributed by atoms with Crippen molar-refractivity contribution in [3.05, 3.63) is 35.5 Å². The number of hydrogen-bond donors (Lipinski definition) is 0. The van der Waals surface area contributed by atoms with Crippen LogP contribution >= 0.6 is 0 Å². The summed E-state index contributed by atoms with van der Waals surface area (Å²) in [6, 6.07) is 0. The fourth-order valence-electron chi connectivity index (χ4n) is 3.38. The maximum absolute atomic E-state index is 6.41. The summed E-state index contributed by atoms with van der Waals surface area (Å²) in [6.45, 7) is 12.0. The molecule has 0 aromatic rings. The fraction of sp³-hybridized carbons (Fsp3) is 0.647. The predicted molar refractivity (Wildman–Crippen MR) is 81.3 cm³/mol. The molecular weight excluding hydrogens is 234 g/mol. The molecule has 2 rings (SSSR count). The lowest BCUT2D eigenvalue weighted by Crippen LogP contribution is -2.45. The van der Waals surface area contributed by atoms with Gasteiger partial charge in [0.1, 0.15) is 0 Å². The molecule has 0 aromatic heterocycles. The van der Waals surface area contributed by atoms with Crippen molar-refractivity contribution in [2.24, 2.45) is 0 Å². The summed E-state index contributed by atoms with van der Waals surface area (Å²) < 4.78 is 6.41. The van der Waals surface area contributed by atoms with E-state index in [1.807, 2.05) is 0 Å². The van der Waals surface area contributed by atoms with E-state index in [4.69, 9.17) is 4.74 Å². The Morgan fingerprint density at radius 1 is 1.21 bits per heavy atom. The quantitative estimate of drug-likeness (QED) is 0.768. The largest absolute Gasteiger partial charge is 0.363 e. The number of piperidine rings is 1. The molecule has 2 heteroatoms. The van der Waals surface area contributed by atoms with E-state index in [-0.39, 0.29) is 11.7 Å². The smallest absolute Gasteiger partial charge is 0.0967 e. The lowest BCUT2D eigenvalue weighted by molar-refractivity contribution is -0.0589. The van der Waals surface area contributed by atoms with Crippen LogP contribution in [0.3, 0.4) is 0 Å². The lowest BCUT2D eigenvalue weighted by Gasteiger charge is -2.40. The van der Waals surface area contributed by atoms with Gasteiger partial charge >= 0.3 is 0 Å². The summed E-state index contributed by atoms with van der Waals surface area (Å²) in [6.07, 6.45) is 11.2. The molecule has 0 amide bonds. The third kappa shape index (κ3) is 2.70. The minimum absolute atomic E-state index is 0.0353. The van der Waals surface area contributed by atoms with Crippen molar-refractivity contribution in [3.8, 4) is 0 Å². The topological polar surface area (TPSA) is 12.5 Å². The zero-order chi connectivity index (χ0) is 13.9. The number of ether oxygens (including phenoxy) is 1. The third-order valence-electron chi connectivity index (χ3n) is 4.43. The molecule has 19 heavy (non-hydrogen) atoms. The normalized spacial score (nSPS) is 28.3. The number of nitrogens with zero attached hydrogens (tertiary/aromatic N) is 1. The van der Waals surface area contributed by atoms with Crippen LogP contribution < -0.4 is 0 Å². The molecule has 1 spiro atoms. The van der Waals surface area contributed by atoms with Crippen molar-refractivity contribution < 1.29 is 4.74 Å². The second-order valence-corrected chi connectivity index (χ2v) is 5.56. The lowest BCUT2D eigenvalue weighted by atomic mass is 9.82. The van der Waals surface area contributed by atoms with Crippen LogP contribution in [0.25, 0.3) is 0 Å². The highest BCUT2D eigenvalue weighted by atomic mass is 16.5. The highest BCUT2D eigenvalue weighted by Crippen LogP contribution is 2.44. The highest BCUT2D eigenvalue weighted by molar-refractivity contribution is 5.45. The van der Waals surface area contributed by atoms with Gasteiger partial charge in [0, 0.05) is 13.1 Å². The van der Waals surface area contributed by atoms with Gasteiger partial charge in [0.15, 0.2) is 0 Å². The molecule has 0 aromatic carbocycles. The molecule has 1 fully saturated rings. The van der Waals surface area contributed by atoms with Crippen molar-refractivity contribution in [1.29, 1.82) is 0 Å². The molecule has 106 valence electrons. The van der Waals surface area contributed by atoms with Gasteiger partial charge in [-0.25, -0.2) is 0 Å². The van der Waals surface area contributed by atoms with Crippen LogP contribution in [-0.4, -0.2) is 36.2 Å². The van der Waals surface area contributed by atoms with Gasteiger partial charge in [-0.2, -0.15) is 0 Å². The van der Waals surface area contributed by atoms with E-state index in [9.17, 15) is 0 Å². The van der Waals surface area contributed by atoms with Crippen LogP contribution in [0.1, 0.15) is 40.5 Å². The molecule has 0 N–H and O–H groups in total. The van der Waals surface area contributed by atoms with Gasteiger partial charge in [0.2, 0.25) is 0 Å². The molecular formula is C17H27NO. The Balaban J connectivity index is 2.31. The number of rotatable bonds is 3. The average molecular weight is 261 g/mol. The Morgan fingerprint density at radius 2 is 1.84 bits per heavy atom. The summed E-state index contributed by atoms with van der Waals surface area (Å²) >= 11 is 0. The Kier molecular flexibility index (Phi) is 4.64. The Morgan fingerprint density at radius 3 is 2.37 bits per heavy atom. The first-order valence-electron chi connectivity index (χ1n) is 7.57. The van der Waals surface area contributed by atoms with E-state index in [1.165, 1.54) is 11.1 Å². The molecule has 2 aliphatic heterocycles. The molecule has 2 aliphatic rings. The predicted octanol–water partition coefficient (Wildman–Crippen LogP) is 3.71. The van der Waals surface area contributed by atoms with Crippen LogP contribution in [0.4, 0.5) is 0 Å². The van der Waals surface area contributed by atoms with Gasteiger partial charge < -0.3 is 9.64 Å². The summed E-state index contributed by atoms with van der Waals surface area (Å²) in [5.74, 6) is 0. The highest BCUT2D eigenvalue weighted by Gasteiger charge is 2.45. The Labute approximate surface area is 117 Å². The molecule has 1 saturated heterocycles. The SMILES string of the molecule is C/C=C\C1=C(/C=C\C)C2(CCN(CC)CC2)OC1C. The second-order valence-electron chi connectivity index (χ2n) is 5.56. The molecule has 0 radical (unpaired) electrons. The summed E-state index contributed by atoms with van der Waals surface area (Å²) in [5, 5.41) is 0. The van der Waals surface area contributed by atoms with Gasteiger partial charge in [0.25, 0.3) is 0 Å². The van der Waals surface area contributed by atoms with Crippen molar-refractivity contribution >= 4 is 0 Å². The first-order chi connectivity index (χ1) is 9.16. The third-order valence-corrected chi connectivity index (χ3v) is 4.43. The van der Waals surface area contributed by atoms with Crippen molar-refractivity contribution in [2.75, 3.05) is 19.6 Å². The fourth-order valence-corrected chi connectivity index (χ4v) is 3.38. The average Bonchev–Trinajstić information content (AvgIpc) is 2.66. The first-order valence-corrected chi connectivity index (χ1v) is 7.57. The van der Waals surface area contributed by atoms with E-state index in [0.717, 1.165) is 32.5 Å². The van der Waals surface area contributed by atoms with Gasteiger partial charge in [-0.3, -0.25) is 0 Å². The van der Waals surface area contributed by atoms with E-state index in [1.54, 1.807) is 0 Å². The van der Waals surface area contributed by atoms with Crippen LogP contribution in [-0.2, 0) is 4.74 Å². The Hall–Kier alpha value is -0.860. The molecule has 0 aliphatic carbocycles. The summed E-state index contributed by atoms with van der Waals surface area (Å²) in [4.78, 5) is 2.51. The molecule has 0 saturated carbocycles. The van der Waals surface area contributed by atoms with Gasteiger partial charge in [0.05, 0.1) is 11.7 Å². The maximum atomic E-state index is 6.41. The van der Waals surface area contributed by atoms with Gasteiger partial charge in [-0.05, 0) is 51.3 Å². The maximum Gasteiger partial charge on any atom is 0.0967 e. The number of likely N-dealkylation sites (tertiary alicyclic amines) is 1. The zero-order valence-corrected chi connectivity index (χ0v) is 12.8. The number of allylic oxidation sites excluding steroid dienone is 2. The van der Waals surface area contributed by atoms with Crippen LogP contribution in [0, 0.1) is 0 Å². The van der Waals surface area contributed by atoms with E-state index < -0.39 is 0 Å². The van der Waals surface area contributed by atoms with Crippen molar-refractivity contribution in [1.82, 2.24) is 4.90 Å². The van der Waals surface area contributed by atoms with E-state index >= 15 is 0 Å². The van der Waals surface area contributed by atoms with E-state index in [2.05, 4.69) is 56.9 Å². The van der Waals surface area contributed by atoms with Crippen molar-refractivity contribution in [3.63, 3.8) is 0 Å². The standard InChI is InChI=1S/C17H27NO/c1-5-8-15-14(4)19-17(16(15)9-6-2)10-12-18(7-3)13-11-17/h5-6,8-9,14H,7,10-13H2,1-4H3/b8-5-,9-6-. The van der Waals surface area contributed by atoms with Crippen LogP contribution in [0.2, 0.25) is 0 Å². The van der Waals surface area contributed by atoms with Gasteiger partial charge in [-0.15, -0.1) is 0 Å². The summed E-state index contributed by atoms with van der Waals surface area (Å²) in [7, 11) is 0. The monoisotopic (exact) mass is 261 g/mol. The Bertz CT molecular complexity index is 397. The van der Waals surface area contributed by atoms with Crippen LogP contribution in [0.5, 0.6) is 0 Å².